The molecule has 0 aromatic heterocycles. The lowest BCUT2D eigenvalue weighted by atomic mass is 10.0. The highest BCUT2D eigenvalue weighted by Gasteiger charge is 2.34. The van der Waals surface area contributed by atoms with E-state index in [0.29, 0.717) is 18.0 Å². The van der Waals surface area contributed by atoms with Crippen LogP contribution in [0.5, 0.6) is 11.5 Å². The molecule has 0 saturated carbocycles. The van der Waals surface area contributed by atoms with Crippen LogP contribution < -0.4 is 19.1 Å². The standard InChI is InChI=1S/C30H34BrN3O6S/c1-3-16-32-30(36)26(17-22-8-6-5-7-9-22)33(19-23-10-12-24(31)13-11-23)29(35)20-34(41(37,38)4-2)25-14-15-27-28(18-25)40-21-39-27/h5-15,18,26H,3-4,16-17,19-21H2,1-2H3,(H,32,36). The van der Waals surface area contributed by atoms with E-state index < -0.39 is 28.5 Å². The van der Waals surface area contributed by atoms with Crippen LogP contribution in [0.2, 0.25) is 0 Å². The average molecular weight is 645 g/mol. The van der Waals surface area contributed by atoms with Crippen LogP contribution in [0.15, 0.2) is 77.3 Å². The lowest BCUT2D eigenvalue weighted by molar-refractivity contribution is -0.140. The smallest absolute Gasteiger partial charge is 0.244 e. The zero-order valence-electron chi connectivity index (χ0n) is 23.1. The van der Waals surface area contributed by atoms with E-state index in [2.05, 4.69) is 21.2 Å². The predicted octanol–water partition coefficient (Wildman–Crippen LogP) is 4.50. The van der Waals surface area contributed by atoms with Crippen molar-refractivity contribution in [3.05, 3.63) is 88.4 Å². The van der Waals surface area contributed by atoms with E-state index in [1.165, 1.54) is 11.8 Å². The summed E-state index contributed by atoms with van der Waals surface area (Å²) in [6.07, 6.45) is 1.00. The minimum Gasteiger partial charge on any atom is -0.454 e. The fourth-order valence-corrected chi connectivity index (χ4v) is 5.78. The fraction of sp³-hybridized carbons (Fsp3) is 0.333. The van der Waals surface area contributed by atoms with E-state index in [1.54, 1.807) is 18.2 Å². The first-order chi connectivity index (χ1) is 19.7. The van der Waals surface area contributed by atoms with Crippen molar-refractivity contribution in [1.82, 2.24) is 10.2 Å². The third-order valence-electron chi connectivity index (χ3n) is 6.71. The molecule has 2 amide bonds. The quantitative estimate of drug-likeness (QED) is 0.294. The van der Waals surface area contributed by atoms with Gasteiger partial charge in [0.1, 0.15) is 12.6 Å². The van der Waals surface area contributed by atoms with Crippen molar-refractivity contribution >= 4 is 43.5 Å². The molecule has 9 nitrogen and oxygen atoms in total. The Labute approximate surface area is 249 Å². The van der Waals surface area contributed by atoms with Gasteiger partial charge in [-0.25, -0.2) is 8.42 Å². The van der Waals surface area contributed by atoms with Crippen molar-refractivity contribution in [1.29, 1.82) is 0 Å². The molecule has 3 aromatic rings. The molecule has 1 atom stereocenters. The van der Waals surface area contributed by atoms with Crippen LogP contribution in [0.4, 0.5) is 5.69 Å². The molecule has 11 heteroatoms. The van der Waals surface area contributed by atoms with E-state index in [4.69, 9.17) is 9.47 Å². The zero-order valence-corrected chi connectivity index (χ0v) is 25.5. The molecule has 3 aromatic carbocycles. The van der Waals surface area contributed by atoms with Gasteiger partial charge < -0.3 is 19.7 Å². The first kappa shape index (κ1) is 30.4. The summed E-state index contributed by atoms with van der Waals surface area (Å²) in [7, 11) is -3.87. The molecule has 1 N–H and O–H groups in total. The second kappa shape index (κ2) is 13.9. The molecule has 1 aliphatic heterocycles. The number of fused-ring (bicyclic) bond motifs is 1. The summed E-state index contributed by atoms with van der Waals surface area (Å²) in [5.74, 6) is -0.115. The van der Waals surface area contributed by atoms with Crippen molar-refractivity contribution < 1.29 is 27.5 Å². The van der Waals surface area contributed by atoms with Crippen molar-refractivity contribution in [2.24, 2.45) is 0 Å². The van der Waals surface area contributed by atoms with Crippen LogP contribution in [0.3, 0.4) is 0 Å². The predicted molar refractivity (Wildman–Crippen MR) is 161 cm³/mol. The highest BCUT2D eigenvalue weighted by atomic mass is 79.9. The molecule has 0 aliphatic carbocycles. The lowest BCUT2D eigenvalue weighted by Gasteiger charge is -2.33. The minimum absolute atomic E-state index is 0.0350. The summed E-state index contributed by atoms with van der Waals surface area (Å²) in [4.78, 5) is 29.2. The minimum atomic E-state index is -3.87. The molecule has 0 radical (unpaired) electrons. The number of ether oxygens (including phenoxy) is 2. The Kier molecular flexibility index (Phi) is 10.3. The number of carbonyl (C=O) groups is 2. The molecule has 0 spiro atoms. The molecule has 1 heterocycles. The number of anilines is 1. The summed E-state index contributed by atoms with van der Waals surface area (Å²) < 4.78 is 39.4. The first-order valence-corrected chi connectivity index (χ1v) is 15.9. The zero-order chi connectivity index (χ0) is 29.4. The summed E-state index contributed by atoms with van der Waals surface area (Å²) in [6, 6.07) is 20.8. The van der Waals surface area contributed by atoms with Crippen molar-refractivity contribution in [3.8, 4) is 11.5 Å². The Balaban J connectivity index is 1.73. The second-order valence-electron chi connectivity index (χ2n) is 9.59. The third kappa shape index (κ3) is 7.80. The Hall–Kier alpha value is -3.57. The van der Waals surface area contributed by atoms with E-state index in [9.17, 15) is 18.0 Å². The van der Waals surface area contributed by atoms with Gasteiger partial charge in [-0.05, 0) is 48.7 Å². The van der Waals surface area contributed by atoms with Crippen LogP contribution in [0, 0.1) is 0 Å². The Morgan fingerprint density at radius 1 is 0.951 bits per heavy atom. The maximum absolute atomic E-state index is 14.2. The van der Waals surface area contributed by atoms with Crippen molar-refractivity contribution in [3.63, 3.8) is 0 Å². The topological polar surface area (TPSA) is 105 Å². The molecular formula is C30H34BrN3O6S. The molecule has 4 rings (SSSR count). The summed E-state index contributed by atoms with van der Waals surface area (Å²) in [6.45, 7) is 3.60. The number of hydrogen-bond acceptors (Lipinski definition) is 6. The van der Waals surface area contributed by atoms with Gasteiger partial charge in [-0.15, -0.1) is 0 Å². The maximum Gasteiger partial charge on any atom is 0.244 e. The van der Waals surface area contributed by atoms with Gasteiger partial charge in [0.05, 0.1) is 11.4 Å². The van der Waals surface area contributed by atoms with E-state index in [-0.39, 0.29) is 37.1 Å². The average Bonchev–Trinajstić information content (AvgIpc) is 3.46. The first-order valence-electron chi connectivity index (χ1n) is 13.5. The molecule has 1 aliphatic rings. The van der Waals surface area contributed by atoms with E-state index in [0.717, 1.165) is 26.3 Å². The number of nitrogens with one attached hydrogen (secondary N) is 1. The summed E-state index contributed by atoms with van der Waals surface area (Å²) >= 11 is 3.44. The number of sulfonamides is 1. The second-order valence-corrected chi connectivity index (χ2v) is 12.7. The highest BCUT2D eigenvalue weighted by molar-refractivity contribution is 9.10. The normalized spacial score (nSPS) is 13.0. The number of amides is 2. The largest absolute Gasteiger partial charge is 0.454 e. The van der Waals surface area contributed by atoms with E-state index >= 15 is 0 Å². The third-order valence-corrected chi connectivity index (χ3v) is 8.98. The van der Waals surface area contributed by atoms with Gasteiger partial charge in [-0.2, -0.15) is 0 Å². The van der Waals surface area contributed by atoms with Crippen LogP contribution >= 0.6 is 15.9 Å². The molecule has 1 unspecified atom stereocenters. The van der Waals surface area contributed by atoms with Crippen molar-refractivity contribution in [2.45, 2.75) is 39.3 Å². The van der Waals surface area contributed by atoms with Gasteiger partial charge in [0.25, 0.3) is 0 Å². The molecule has 0 saturated heterocycles. The molecule has 0 bridgehead atoms. The van der Waals surface area contributed by atoms with Crippen LogP contribution in [0.25, 0.3) is 0 Å². The summed E-state index contributed by atoms with van der Waals surface area (Å²) in [5.41, 5.74) is 1.96. The fourth-order valence-electron chi connectivity index (χ4n) is 4.47. The van der Waals surface area contributed by atoms with Gasteiger partial charge in [-0.3, -0.25) is 13.9 Å². The Morgan fingerprint density at radius 3 is 2.34 bits per heavy atom. The van der Waals surface area contributed by atoms with Crippen LogP contribution in [0.1, 0.15) is 31.4 Å². The number of hydrogen-bond donors (Lipinski definition) is 1. The Bertz CT molecular complexity index is 1450. The van der Waals surface area contributed by atoms with Crippen LogP contribution in [-0.2, 0) is 32.6 Å². The van der Waals surface area contributed by atoms with Gasteiger partial charge in [0.2, 0.25) is 28.6 Å². The van der Waals surface area contributed by atoms with Gasteiger partial charge >= 0.3 is 0 Å². The van der Waals surface area contributed by atoms with Crippen molar-refractivity contribution in [2.75, 3.05) is 29.9 Å². The molecule has 41 heavy (non-hydrogen) atoms. The monoisotopic (exact) mass is 643 g/mol. The summed E-state index contributed by atoms with van der Waals surface area (Å²) in [5, 5.41) is 2.93. The van der Waals surface area contributed by atoms with Gasteiger partial charge in [0, 0.05) is 30.0 Å². The number of nitrogens with zero attached hydrogens (tertiary/aromatic N) is 2. The number of rotatable bonds is 13. The van der Waals surface area contributed by atoms with E-state index in [1.807, 2.05) is 61.5 Å². The highest BCUT2D eigenvalue weighted by Crippen LogP contribution is 2.36. The molecule has 0 fully saturated rings. The molecular weight excluding hydrogens is 610 g/mol. The number of carbonyl (C=O) groups excluding carboxylic acids is 2. The SMILES string of the molecule is CCCNC(=O)C(Cc1ccccc1)N(Cc1ccc(Br)cc1)C(=O)CN(c1ccc2c(c1)OCO2)S(=O)(=O)CC. The lowest BCUT2D eigenvalue weighted by Crippen LogP contribution is -2.53. The number of benzene rings is 3. The van der Waals surface area contributed by atoms with Gasteiger partial charge in [-0.1, -0.05) is 65.3 Å². The number of halogens is 1. The Morgan fingerprint density at radius 2 is 1.66 bits per heavy atom. The molecule has 218 valence electrons. The van der Waals surface area contributed by atoms with Gasteiger partial charge in [0.15, 0.2) is 11.5 Å². The maximum atomic E-state index is 14.2. The van der Waals surface area contributed by atoms with Crippen LogP contribution in [-0.4, -0.2) is 56.8 Å².